The lowest BCUT2D eigenvalue weighted by Gasteiger charge is -2.36. The maximum absolute atomic E-state index is 12.2. The van der Waals surface area contributed by atoms with Crippen molar-refractivity contribution in [3.63, 3.8) is 0 Å². The standard InChI is InChI=1S/C16H33N3O2/c1-5-13(2)18-16(20)14(3)19-9-6-7-15(12-19)11-17-8-10-21-4/h13-15,17H,5-12H2,1-4H3,(H,18,20). The van der Waals surface area contributed by atoms with Gasteiger partial charge in [0.2, 0.25) is 5.91 Å². The molecule has 0 radical (unpaired) electrons. The van der Waals surface area contributed by atoms with Crippen molar-refractivity contribution in [2.24, 2.45) is 5.92 Å². The molecule has 0 aromatic rings. The molecule has 0 spiro atoms. The van der Waals surface area contributed by atoms with Crippen molar-refractivity contribution >= 4 is 5.91 Å². The highest BCUT2D eigenvalue weighted by molar-refractivity contribution is 5.81. The monoisotopic (exact) mass is 299 g/mol. The maximum Gasteiger partial charge on any atom is 0.237 e. The summed E-state index contributed by atoms with van der Waals surface area (Å²) in [6, 6.07) is 0.233. The molecule has 1 amide bonds. The molecule has 0 bridgehead atoms. The predicted octanol–water partition coefficient (Wildman–Crippen LogP) is 1.24. The molecule has 3 atom stereocenters. The van der Waals surface area contributed by atoms with Crippen LogP contribution in [-0.2, 0) is 9.53 Å². The third-order valence-electron chi connectivity index (χ3n) is 4.39. The van der Waals surface area contributed by atoms with Gasteiger partial charge in [0.05, 0.1) is 12.6 Å². The number of amides is 1. The quantitative estimate of drug-likeness (QED) is 0.629. The number of ether oxygens (including phenoxy) is 1. The summed E-state index contributed by atoms with van der Waals surface area (Å²) in [5, 5.41) is 6.52. The lowest BCUT2D eigenvalue weighted by atomic mass is 9.96. The van der Waals surface area contributed by atoms with Crippen LogP contribution in [0, 0.1) is 5.92 Å². The third kappa shape index (κ3) is 6.76. The van der Waals surface area contributed by atoms with Gasteiger partial charge in [0.1, 0.15) is 0 Å². The van der Waals surface area contributed by atoms with Gasteiger partial charge in [0.15, 0.2) is 0 Å². The molecular formula is C16H33N3O2. The van der Waals surface area contributed by atoms with Crippen LogP contribution in [0.15, 0.2) is 0 Å². The van der Waals surface area contributed by atoms with Gasteiger partial charge in [-0.2, -0.15) is 0 Å². The smallest absolute Gasteiger partial charge is 0.237 e. The van der Waals surface area contributed by atoms with Crippen LogP contribution in [0.5, 0.6) is 0 Å². The first kappa shape index (κ1) is 18.4. The average Bonchev–Trinajstić information content (AvgIpc) is 2.51. The highest BCUT2D eigenvalue weighted by atomic mass is 16.5. The summed E-state index contributed by atoms with van der Waals surface area (Å²) < 4.78 is 5.04. The number of nitrogens with one attached hydrogen (secondary N) is 2. The number of nitrogens with zero attached hydrogens (tertiary/aromatic N) is 1. The number of carbonyl (C=O) groups excluding carboxylic acids is 1. The maximum atomic E-state index is 12.2. The van der Waals surface area contributed by atoms with Gasteiger partial charge in [-0.1, -0.05) is 6.92 Å². The molecular weight excluding hydrogens is 266 g/mol. The molecule has 2 N–H and O–H groups in total. The second-order valence-corrected chi connectivity index (χ2v) is 6.19. The first-order chi connectivity index (χ1) is 10.1. The average molecular weight is 299 g/mol. The van der Waals surface area contributed by atoms with E-state index in [1.807, 2.05) is 6.92 Å². The minimum atomic E-state index is -0.0271. The molecule has 0 aliphatic carbocycles. The fraction of sp³-hybridized carbons (Fsp3) is 0.938. The van der Waals surface area contributed by atoms with Crippen molar-refractivity contribution in [1.82, 2.24) is 15.5 Å². The number of likely N-dealkylation sites (tertiary alicyclic amines) is 1. The van der Waals surface area contributed by atoms with Crippen molar-refractivity contribution in [1.29, 1.82) is 0 Å². The molecule has 1 rings (SSSR count). The SMILES string of the molecule is CCC(C)NC(=O)C(C)N1CCCC(CNCCOC)C1. The molecule has 3 unspecified atom stereocenters. The Balaban J connectivity index is 2.35. The van der Waals surface area contributed by atoms with Gasteiger partial charge < -0.3 is 15.4 Å². The molecule has 1 aliphatic heterocycles. The van der Waals surface area contributed by atoms with E-state index in [4.69, 9.17) is 4.74 Å². The predicted molar refractivity (Wildman–Crippen MR) is 86.4 cm³/mol. The van der Waals surface area contributed by atoms with E-state index in [-0.39, 0.29) is 18.0 Å². The van der Waals surface area contributed by atoms with Gasteiger partial charge in [-0.05, 0) is 52.1 Å². The lowest BCUT2D eigenvalue weighted by molar-refractivity contribution is -0.127. The molecule has 1 heterocycles. The van der Waals surface area contributed by atoms with Crippen molar-refractivity contribution in [3.05, 3.63) is 0 Å². The number of hydrogen-bond acceptors (Lipinski definition) is 4. The highest BCUT2D eigenvalue weighted by Gasteiger charge is 2.27. The lowest BCUT2D eigenvalue weighted by Crippen LogP contribution is -2.51. The fourth-order valence-electron chi connectivity index (χ4n) is 2.73. The van der Waals surface area contributed by atoms with Gasteiger partial charge in [-0.3, -0.25) is 9.69 Å². The summed E-state index contributed by atoms with van der Waals surface area (Å²) in [4.78, 5) is 14.6. The van der Waals surface area contributed by atoms with E-state index in [1.165, 1.54) is 12.8 Å². The van der Waals surface area contributed by atoms with E-state index in [9.17, 15) is 4.79 Å². The van der Waals surface area contributed by atoms with Gasteiger partial charge >= 0.3 is 0 Å². The van der Waals surface area contributed by atoms with Crippen LogP contribution in [0.1, 0.15) is 40.0 Å². The topological polar surface area (TPSA) is 53.6 Å². The zero-order valence-electron chi connectivity index (χ0n) is 14.2. The second kappa shape index (κ2) is 10.1. The molecule has 5 heteroatoms. The van der Waals surface area contributed by atoms with Crippen molar-refractivity contribution in [2.45, 2.75) is 52.1 Å². The molecule has 1 fully saturated rings. The van der Waals surface area contributed by atoms with Crippen LogP contribution in [0.2, 0.25) is 0 Å². The van der Waals surface area contributed by atoms with E-state index in [0.717, 1.165) is 39.2 Å². The minimum absolute atomic E-state index is 0.0271. The molecule has 5 nitrogen and oxygen atoms in total. The van der Waals surface area contributed by atoms with Crippen LogP contribution in [0.3, 0.4) is 0 Å². The largest absolute Gasteiger partial charge is 0.383 e. The first-order valence-electron chi connectivity index (χ1n) is 8.32. The van der Waals surface area contributed by atoms with Crippen LogP contribution in [-0.4, -0.2) is 62.8 Å². The molecule has 124 valence electrons. The number of hydrogen-bond donors (Lipinski definition) is 2. The summed E-state index contributed by atoms with van der Waals surface area (Å²) in [7, 11) is 1.72. The molecule has 1 aliphatic rings. The highest BCUT2D eigenvalue weighted by Crippen LogP contribution is 2.18. The van der Waals surface area contributed by atoms with E-state index >= 15 is 0 Å². The van der Waals surface area contributed by atoms with E-state index in [1.54, 1.807) is 7.11 Å². The fourth-order valence-corrected chi connectivity index (χ4v) is 2.73. The normalized spacial score (nSPS) is 22.8. The van der Waals surface area contributed by atoms with E-state index < -0.39 is 0 Å². The number of piperidine rings is 1. The Morgan fingerprint density at radius 2 is 2.19 bits per heavy atom. The molecule has 1 saturated heterocycles. The molecule has 21 heavy (non-hydrogen) atoms. The summed E-state index contributed by atoms with van der Waals surface area (Å²) in [5.74, 6) is 0.798. The van der Waals surface area contributed by atoms with Gasteiger partial charge in [-0.15, -0.1) is 0 Å². The Bertz CT molecular complexity index is 299. The van der Waals surface area contributed by atoms with Gasteiger partial charge in [-0.25, -0.2) is 0 Å². The van der Waals surface area contributed by atoms with Crippen LogP contribution in [0.4, 0.5) is 0 Å². The number of methoxy groups -OCH3 is 1. The Kier molecular flexibility index (Phi) is 8.88. The number of rotatable bonds is 9. The van der Waals surface area contributed by atoms with Crippen LogP contribution >= 0.6 is 0 Å². The zero-order valence-corrected chi connectivity index (χ0v) is 14.2. The van der Waals surface area contributed by atoms with E-state index in [0.29, 0.717) is 5.92 Å². The zero-order chi connectivity index (χ0) is 15.7. The molecule has 0 saturated carbocycles. The Hall–Kier alpha value is -0.650. The van der Waals surface area contributed by atoms with Crippen molar-refractivity contribution < 1.29 is 9.53 Å². The minimum Gasteiger partial charge on any atom is -0.383 e. The van der Waals surface area contributed by atoms with Crippen LogP contribution in [0.25, 0.3) is 0 Å². The summed E-state index contributed by atoms with van der Waals surface area (Å²) in [5.41, 5.74) is 0. The summed E-state index contributed by atoms with van der Waals surface area (Å²) in [6.45, 7) is 10.9. The van der Waals surface area contributed by atoms with Gasteiger partial charge in [0, 0.05) is 26.2 Å². The summed E-state index contributed by atoms with van der Waals surface area (Å²) in [6.07, 6.45) is 3.40. The third-order valence-corrected chi connectivity index (χ3v) is 4.39. The second-order valence-electron chi connectivity index (χ2n) is 6.19. The molecule has 0 aromatic heterocycles. The number of carbonyl (C=O) groups is 1. The Morgan fingerprint density at radius 1 is 1.43 bits per heavy atom. The molecule has 0 aromatic carbocycles. The van der Waals surface area contributed by atoms with Crippen molar-refractivity contribution in [2.75, 3.05) is 39.9 Å². The van der Waals surface area contributed by atoms with Gasteiger partial charge in [0.25, 0.3) is 0 Å². The summed E-state index contributed by atoms with van der Waals surface area (Å²) >= 11 is 0. The Morgan fingerprint density at radius 3 is 2.86 bits per heavy atom. The Labute approximate surface area is 129 Å². The van der Waals surface area contributed by atoms with Crippen molar-refractivity contribution in [3.8, 4) is 0 Å². The van der Waals surface area contributed by atoms with Crippen LogP contribution < -0.4 is 10.6 Å². The van der Waals surface area contributed by atoms with E-state index in [2.05, 4.69) is 29.4 Å². The first-order valence-corrected chi connectivity index (χ1v) is 8.32.